The summed E-state index contributed by atoms with van der Waals surface area (Å²) in [5.74, 6) is -0.937. The zero-order valence-corrected chi connectivity index (χ0v) is 14.9. The van der Waals surface area contributed by atoms with Gasteiger partial charge in [-0.2, -0.15) is 5.10 Å². The van der Waals surface area contributed by atoms with Crippen molar-refractivity contribution >= 4 is 11.9 Å². The molecule has 1 aromatic heterocycles. The van der Waals surface area contributed by atoms with Crippen LogP contribution >= 0.6 is 0 Å². The van der Waals surface area contributed by atoms with Crippen molar-refractivity contribution in [2.75, 3.05) is 0 Å². The Kier molecular flexibility index (Phi) is 6.33. The van der Waals surface area contributed by atoms with Crippen LogP contribution in [0, 0.1) is 0 Å². The van der Waals surface area contributed by atoms with Gasteiger partial charge < -0.3 is 10.4 Å². The average Bonchev–Trinajstić information content (AvgIpc) is 2.96. The maximum Gasteiger partial charge on any atom is 0.303 e. The normalized spacial score (nSPS) is 12.2. The summed E-state index contributed by atoms with van der Waals surface area (Å²) < 4.78 is 1.63. The van der Waals surface area contributed by atoms with Crippen LogP contribution in [0.25, 0.3) is 0 Å². The molecule has 1 unspecified atom stereocenters. The molecule has 0 saturated carbocycles. The Bertz CT molecular complexity index is 723. The molecule has 0 aliphatic carbocycles. The van der Waals surface area contributed by atoms with Crippen molar-refractivity contribution in [1.29, 1.82) is 0 Å². The Morgan fingerprint density at radius 3 is 2.52 bits per heavy atom. The fourth-order valence-electron chi connectivity index (χ4n) is 2.79. The molecule has 1 heterocycles. The van der Waals surface area contributed by atoms with E-state index in [4.69, 9.17) is 5.11 Å². The number of hydrogen-bond donors (Lipinski definition) is 2. The number of rotatable bonds is 8. The third kappa shape index (κ3) is 5.45. The number of nitrogens with one attached hydrogen (secondary N) is 1. The van der Waals surface area contributed by atoms with Crippen molar-refractivity contribution in [2.24, 2.45) is 7.05 Å². The fourth-order valence-corrected chi connectivity index (χ4v) is 2.79. The van der Waals surface area contributed by atoms with Crippen LogP contribution in [0.3, 0.4) is 0 Å². The summed E-state index contributed by atoms with van der Waals surface area (Å²) in [6.45, 7) is 3.98. The number of carboxylic acid groups (broad SMARTS) is 1. The summed E-state index contributed by atoms with van der Waals surface area (Å²) >= 11 is 0. The smallest absolute Gasteiger partial charge is 0.303 e. The molecule has 0 saturated heterocycles. The number of carbonyl (C=O) groups excluding carboxylic acids is 1. The highest BCUT2D eigenvalue weighted by molar-refractivity contribution is 5.95. The van der Waals surface area contributed by atoms with E-state index in [1.807, 2.05) is 44.2 Å². The predicted octanol–water partition coefficient (Wildman–Crippen LogP) is 2.75. The Morgan fingerprint density at radius 2 is 1.92 bits per heavy atom. The van der Waals surface area contributed by atoms with Crippen molar-refractivity contribution < 1.29 is 14.7 Å². The van der Waals surface area contributed by atoms with E-state index in [2.05, 4.69) is 10.4 Å². The van der Waals surface area contributed by atoms with E-state index in [1.54, 1.807) is 17.9 Å². The van der Waals surface area contributed by atoms with Gasteiger partial charge >= 0.3 is 5.97 Å². The van der Waals surface area contributed by atoms with Crippen LogP contribution in [0.1, 0.15) is 54.2 Å². The summed E-state index contributed by atoms with van der Waals surface area (Å²) in [7, 11) is 1.79. The van der Waals surface area contributed by atoms with Crippen LogP contribution in [0.4, 0.5) is 0 Å². The number of hydrogen-bond acceptors (Lipinski definition) is 3. The van der Waals surface area contributed by atoms with Gasteiger partial charge in [0.1, 0.15) is 0 Å². The van der Waals surface area contributed by atoms with Gasteiger partial charge in [-0.05, 0) is 24.3 Å². The van der Waals surface area contributed by atoms with Crippen molar-refractivity contribution in [3.8, 4) is 0 Å². The second kappa shape index (κ2) is 8.46. The number of aromatic nitrogens is 2. The fraction of sp³-hybridized carbons (Fsp3) is 0.421. The third-order valence-electron chi connectivity index (χ3n) is 4.02. The van der Waals surface area contributed by atoms with E-state index in [0.29, 0.717) is 18.4 Å². The number of carbonyl (C=O) groups is 2. The lowest BCUT2D eigenvalue weighted by molar-refractivity contribution is -0.137. The summed E-state index contributed by atoms with van der Waals surface area (Å²) in [4.78, 5) is 23.6. The number of benzene rings is 1. The summed E-state index contributed by atoms with van der Waals surface area (Å²) in [5.41, 5.74) is 2.36. The minimum absolute atomic E-state index is 0.0157. The molecule has 1 atom stereocenters. The molecule has 1 amide bonds. The predicted molar refractivity (Wildman–Crippen MR) is 95.6 cm³/mol. The molecule has 2 rings (SSSR count). The van der Waals surface area contributed by atoms with Gasteiger partial charge in [0.25, 0.3) is 5.91 Å². The van der Waals surface area contributed by atoms with Gasteiger partial charge in [0.05, 0.1) is 11.3 Å². The zero-order valence-electron chi connectivity index (χ0n) is 14.9. The van der Waals surface area contributed by atoms with Gasteiger partial charge in [-0.3, -0.25) is 14.3 Å². The Labute approximate surface area is 147 Å². The molecule has 0 fully saturated rings. The van der Waals surface area contributed by atoms with E-state index in [9.17, 15) is 9.59 Å². The number of aliphatic carboxylic acids is 1. The first-order valence-corrected chi connectivity index (χ1v) is 8.47. The van der Waals surface area contributed by atoms with Crippen LogP contribution in [0.2, 0.25) is 0 Å². The zero-order chi connectivity index (χ0) is 18.4. The maximum atomic E-state index is 12.7. The minimum Gasteiger partial charge on any atom is -0.481 e. The average molecular weight is 343 g/mol. The molecule has 0 radical (unpaired) electrons. The first kappa shape index (κ1) is 18.7. The third-order valence-corrected chi connectivity index (χ3v) is 4.02. The standard InChI is InChI=1S/C19H25N3O3/c1-13(2)18-16(12-22(3)21-18)19(25)20-15(9-10-17(23)24)11-14-7-5-4-6-8-14/h4-8,12-13,15H,9-11H2,1-3H3,(H,20,25)(H,23,24). The van der Waals surface area contributed by atoms with Gasteiger partial charge in [0.15, 0.2) is 0 Å². The van der Waals surface area contributed by atoms with Gasteiger partial charge in [0.2, 0.25) is 0 Å². The van der Waals surface area contributed by atoms with Crippen LogP contribution in [0.5, 0.6) is 0 Å². The molecule has 0 aliphatic rings. The molecule has 25 heavy (non-hydrogen) atoms. The highest BCUT2D eigenvalue weighted by Gasteiger charge is 2.21. The van der Waals surface area contributed by atoms with Crippen molar-refractivity contribution in [3.63, 3.8) is 0 Å². The van der Waals surface area contributed by atoms with Crippen LogP contribution in [-0.2, 0) is 18.3 Å². The molecule has 6 nitrogen and oxygen atoms in total. The van der Waals surface area contributed by atoms with Crippen molar-refractivity contribution in [3.05, 3.63) is 53.3 Å². The molecule has 0 bridgehead atoms. The van der Waals surface area contributed by atoms with Crippen LogP contribution < -0.4 is 5.32 Å². The molecule has 0 aliphatic heterocycles. The van der Waals surface area contributed by atoms with Gasteiger partial charge in [-0.25, -0.2) is 0 Å². The van der Waals surface area contributed by atoms with Crippen LogP contribution in [-0.4, -0.2) is 32.8 Å². The van der Waals surface area contributed by atoms with E-state index in [1.165, 1.54) is 0 Å². The van der Waals surface area contributed by atoms with Gasteiger partial charge in [-0.15, -0.1) is 0 Å². The molecule has 0 spiro atoms. The lowest BCUT2D eigenvalue weighted by Crippen LogP contribution is -2.37. The molecule has 1 aromatic carbocycles. The first-order valence-electron chi connectivity index (χ1n) is 8.47. The number of aryl methyl sites for hydroxylation is 1. The molecular weight excluding hydrogens is 318 g/mol. The van der Waals surface area contributed by atoms with Gasteiger partial charge in [-0.1, -0.05) is 44.2 Å². The van der Waals surface area contributed by atoms with E-state index in [0.717, 1.165) is 11.3 Å². The molecule has 134 valence electrons. The lowest BCUT2D eigenvalue weighted by Gasteiger charge is -2.18. The number of amides is 1. The Morgan fingerprint density at radius 1 is 1.24 bits per heavy atom. The highest BCUT2D eigenvalue weighted by atomic mass is 16.4. The van der Waals surface area contributed by atoms with Crippen molar-refractivity contribution in [2.45, 2.75) is 45.1 Å². The lowest BCUT2D eigenvalue weighted by atomic mass is 10.0. The molecule has 2 aromatic rings. The van der Waals surface area contributed by atoms with Crippen LogP contribution in [0.15, 0.2) is 36.5 Å². The maximum absolute atomic E-state index is 12.7. The largest absolute Gasteiger partial charge is 0.481 e. The van der Waals surface area contributed by atoms with Gasteiger partial charge in [0, 0.05) is 25.7 Å². The summed E-state index contributed by atoms with van der Waals surface area (Å²) in [6, 6.07) is 9.50. The molecular formula is C19H25N3O3. The van der Waals surface area contributed by atoms with E-state index >= 15 is 0 Å². The highest BCUT2D eigenvalue weighted by Crippen LogP contribution is 2.18. The quantitative estimate of drug-likeness (QED) is 0.772. The van der Waals surface area contributed by atoms with E-state index < -0.39 is 5.97 Å². The summed E-state index contributed by atoms with van der Waals surface area (Å²) in [5, 5.41) is 16.3. The number of nitrogens with zero attached hydrogens (tertiary/aromatic N) is 2. The van der Waals surface area contributed by atoms with E-state index in [-0.39, 0.29) is 24.3 Å². The molecule has 6 heteroatoms. The second-order valence-corrected chi connectivity index (χ2v) is 6.55. The first-order chi connectivity index (χ1) is 11.9. The van der Waals surface area contributed by atoms with Crippen molar-refractivity contribution in [1.82, 2.24) is 15.1 Å². The topological polar surface area (TPSA) is 84.2 Å². The SMILES string of the molecule is CC(C)c1nn(C)cc1C(=O)NC(CCC(=O)O)Cc1ccccc1. The monoisotopic (exact) mass is 343 g/mol. The number of carboxylic acids is 1. The Hall–Kier alpha value is -2.63. The second-order valence-electron chi connectivity index (χ2n) is 6.55. The Balaban J connectivity index is 2.14. The minimum atomic E-state index is -0.864. The molecule has 2 N–H and O–H groups in total. The summed E-state index contributed by atoms with van der Waals surface area (Å²) in [6.07, 6.45) is 2.70.